The first kappa shape index (κ1) is 23.2. The zero-order valence-corrected chi connectivity index (χ0v) is 20.6. The van der Waals surface area contributed by atoms with Crippen molar-refractivity contribution in [1.82, 2.24) is 0 Å². The van der Waals surface area contributed by atoms with E-state index in [2.05, 4.69) is 29.0 Å². The summed E-state index contributed by atoms with van der Waals surface area (Å²) in [5.74, 6) is 7.11. The second kappa shape index (κ2) is 7.31. The van der Waals surface area contributed by atoms with Crippen LogP contribution >= 0.6 is 0 Å². The van der Waals surface area contributed by atoms with Crippen LogP contribution < -0.4 is 5.32 Å². The maximum Gasteiger partial charge on any atom is 0.335 e. The van der Waals surface area contributed by atoms with Gasteiger partial charge in [0.1, 0.15) is 40.4 Å². The number of anilines is 1. The number of epoxide rings is 1. The number of benzene rings is 2. The second-order valence-corrected chi connectivity index (χ2v) is 9.99. The lowest BCUT2D eigenvalue weighted by Gasteiger charge is -2.43. The van der Waals surface area contributed by atoms with Gasteiger partial charge in [-0.15, -0.1) is 0 Å². The quantitative estimate of drug-likeness (QED) is 0.227. The van der Waals surface area contributed by atoms with Gasteiger partial charge >= 0.3 is 5.97 Å². The Morgan fingerprint density at radius 2 is 1.79 bits per heavy atom. The molecule has 0 radical (unpaired) electrons. The summed E-state index contributed by atoms with van der Waals surface area (Å²) in [4.78, 5) is 39.9. The van der Waals surface area contributed by atoms with Crippen LogP contribution in [-0.4, -0.2) is 51.6 Å². The van der Waals surface area contributed by atoms with Crippen LogP contribution in [0.2, 0.25) is 0 Å². The van der Waals surface area contributed by atoms with E-state index >= 15 is 0 Å². The van der Waals surface area contributed by atoms with Gasteiger partial charge in [-0.3, -0.25) is 9.59 Å². The van der Waals surface area contributed by atoms with E-state index in [1.54, 1.807) is 13.0 Å². The van der Waals surface area contributed by atoms with E-state index < -0.39 is 52.4 Å². The topological polar surface area (TPSA) is 146 Å². The fraction of sp³-hybridized carbons (Fsp3) is 0.233. The number of fused-ring (bicyclic) bond motifs is 4. The summed E-state index contributed by atoms with van der Waals surface area (Å²) in [6.07, 6.45) is 3.09. The molecule has 0 saturated carbocycles. The highest BCUT2D eigenvalue weighted by Crippen LogP contribution is 2.74. The summed E-state index contributed by atoms with van der Waals surface area (Å²) in [6, 6.07) is 4.72. The molecule has 2 aromatic carbocycles. The van der Waals surface area contributed by atoms with E-state index in [9.17, 15) is 29.7 Å². The van der Waals surface area contributed by atoms with Gasteiger partial charge in [0.2, 0.25) is 0 Å². The molecule has 2 aliphatic heterocycles. The lowest BCUT2D eigenvalue weighted by molar-refractivity contribution is -0.134. The Balaban J connectivity index is 1.59. The van der Waals surface area contributed by atoms with Gasteiger partial charge in [0.05, 0.1) is 35.1 Å². The molecule has 2 aromatic rings. The number of allylic oxidation sites excluding steroid dienone is 2. The molecule has 7 rings (SSSR count). The van der Waals surface area contributed by atoms with Gasteiger partial charge in [0, 0.05) is 17.0 Å². The number of phenols is 2. The fourth-order valence-corrected chi connectivity index (χ4v) is 6.87. The van der Waals surface area contributed by atoms with Crippen molar-refractivity contribution in [3.8, 4) is 35.2 Å². The Hall–Kier alpha value is -4.99. The molecule has 0 unspecified atom stereocenters. The average Bonchev–Trinajstić information content (AvgIpc) is 3.63. The number of hydrogen-bond donors (Lipinski definition) is 4. The van der Waals surface area contributed by atoms with Crippen molar-refractivity contribution in [1.29, 1.82) is 0 Å². The van der Waals surface area contributed by atoms with E-state index in [0.717, 1.165) is 0 Å². The third-order valence-corrected chi connectivity index (χ3v) is 8.43. The first-order valence-electron chi connectivity index (χ1n) is 12.2. The first-order valence-corrected chi connectivity index (χ1v) is 12.2. The van der Waals surface area contributed by atoms with E-state index in [-0.39, 0.29) is 45.0 Å². The molecule has 1 saturated heterocycles. The highest BCUT2D eigenvalue weighted by atomic mass is 16.6. The van der Waals surface area contributed by atoms with Gasteiger partial charge < -0.3 is 30.1 Å². The Morgan fingerprint density at radius 1 is 1.05 bits per heavy atom. The summed E-state index contributed by atoms with van der Waals surface area (Å²) in [7, 11) is 1.36. The highest BCUT2D eigenvalue weighted by Gasteiger charge is 2.85. The number of phenolic OH excluding ortho intramolecular Hbond substituents is 2. The van der Waals surface area contributed by atoms with E-state index in [4.69, 9.17) is 9.47 Å². The Labute approximate surface area is 221 Å². The molecule has 4 bridgehead atoms. The Morgan fingerprint density at radius 3 is 2.51 bits per heavy atom. The van der Waals surface area contributed by atoms with E-state index in [0.29, 0.717) is 5.56 Å². The Kier molecular flexibility index (Phi) is 4.34. The van der Waals surface area contributed by atoms with Crippen molar-refractivity contribution >= 4 is 23.2 Å². The molecule has 5 atom stereocenters. The number of rotatable bonds is 2. The van der Waals surface area contributed by atoms with Crippen molar-refractivity contribution in [2.75, 3.05) is 12.4 Å². The van der Waals surface area contributed by atoms with Crippen LogP contribution in [0.25, 0.3) is 0 Å². The summed E-state index contributed by atoms with van der Waals surface area (Å²) in [5.41, 5.74) is -2.57. The summed E-state index contributed by atoms with van der Waals surface area (Å²) in [6.45, 7) is 1.71. The van der Waals surface area contributed by atoms with Crippen LogP contribution in [0.5, 0.6) is 11.5 Å². The van der Waals surface area contributed by atoms with Gasteiger partial charge in [0.25, 0.3) is 0 Å². The predicted octanol–water partition coefficient (Wildman–Crippen LogP) is 2.46. The predicted molar refractivity (Wildman–Crippen MR) is 135 cm³/mol. The molecule has 5 aliphatic rings. The number of hydrogen-bond acceptors (Lipinski definition) is 8. The number of ether oxygens (including phenoxy) is 2. The summed E-state index contributed by atoms with van der Waals surface area (Å²) >= 11 is 0. The molecule has 9 heteroatoms. The maximum atomic E-state index is 13.9. The molecule has 1 fully saturated rings. The van der Waals surface area contributed by atoms with Crippen molar-refractivity contribution in [3.05, 3.63) is 75.6 Å². The molecule has 9 nitrogen and oxygen atoms in total. The van der Waals surface area contributed by atoms with Crippen molar-refractivity contribution in [2.45, 2.75) is 24.2 Å². The van der Waals surface area contributed by atoms with Gasteiger partial charge in [-0.1, -0.05) is 42.7 Å². The molecule has 39 heavy (non-hydrogen) atoms. The number of nitrogens with one attached hydrogen (secondary N) is 1. The van der Waals surface area contributed by atoms with Gasteiger partial charge in [-0.2, -0.15) is 0 Å². The van der Waals surface area contributed by atoms with Gasteiger partial charge in [-0.05, 0) is 24.3 Å². The lowest BCUT2D eigenvalue weighted by atomic mass is 9.59. The number of ketones is 2. The van der Waals surface area contributed by atoms with Gasteiger partial charge in [-0.25, -0.2) is 4.79 Å². The minimum absolute atomic E-state index is 0.00110. The van der Waals surface area contributed by atoms with E-state index in [1.807, 2.05) is 0 Å². The highest BCUT2D eigenvalue weighted by molar-refractivity contribution is 6.32. The number of aliphatic carboxylic acids is 1. The number of carbonyl (C=O) groups is 3. The minimum atomic E-state index is -1.36. The minimum Gasteiger partial charge on any atom is -0.507 e. The fourth-order valence-electron chi connectivity index (χ4n) is 6.87. The van der Waals surface area contributed by atoms with Crippen LogP contribution in [0.1, 0.15) is 44.3 Å². The smallest absolute Gasteiger partial charge is 0.335 e. The maximum absolute atomic E-state index is 13.9. The molecule has 0 amide bonds. The molecule has 2 heterocycles. The molecule has 0 aromatic heterocycles. The van der Waals surface area contributed by atoms with Crippen LogP contribution in [0, 0.1) is 35.5 Å². The monoisotopic (exact) mass is 521 g/mol. The standard InChI is InChI=1S/C30H19NO8/c1-13-20(28(36)37)27(38-2)15-9-5-3-4-6-11-19-29(13)30(15,39-29)16-12-18(33)22-23(24(16)31-19)26(35)21-14(25(22)34)8-7-10-17(21)32/h3-4,7-8,10,12-13,15,19,31-33H,1-2H3,(H,36,37)/b4-3-/t13-,15+,19-,29-,30+/m1/s1. The number of carbonyl (C=O) groups excluding carboxylic acids is 2. The first-order chi connectivity index (χ1) is 18.7. The SMILES string of the molecule is COC1=C(C(=O)O)[C@@H](C)[C@]23O[C@@]24c2cc(O)c5c(c2N[C@@H]3C#C/C=C\C#C[C@@H]14)C(=O)c1c(O)cccc1C5=O. The normalized spacial score (nSPS) is 31.0. The van der Waals surface area contributed by atoms with E-state index in [1.165, 1.54) is 37.5 Å². The molecule has 192 valence electrons. The van der Waals surface area contributed by atoms with Crippen LogP contribution in [-0.2, 0) is 19.9 Å². The van der Waals surface area contributed by atoms with Crippen LogP contribution in [0.3, 0.4) is 0 Å². The number of aromatic hydroxyl groups is 2. The molecular formula is C30H19NO8. The lowest BCUT2D eigenvalue weighted by Crippen LogP contribution is -2.55. The molecular weight excluding hydrogens is 502 g/mol. The number of methoxy groups -OCH3 is 1. The number of carboxylic acid groups (broad SMARTS) is 1. The van der Waals surface area contributed by atoms with Crippen LogP contribution in [0.4, 0.5) is 5.69 Å². The van der Waals surface area contributed by atoms with Crippen LogP contribution in [0.15, 0.2) is 47.7 Å². The van der Waals surface area contributed by atoms with Crippen molar-refractivity contribution < 1.29 is 39.2 Å². The second-order valence-electron chi connectivity index (χ2n) is 9.99. The Bertz CT molecular complexity index is 1790. The zero-order valence-electron chi connectivity index (χ0n) is 20.6. The summed E-state index contributed by atoms with van der Waals surface area (Å²) < 4.78 is 12.2. The molecule has 3 aliphatic carbocycles. The van der Waals surface area contributed by atoms with Crippen molar-refractivity contribution in [3.63, 3.8) is 0 Å². The zero-order chi connectivity index (χ0) is 27.4. The average molecular weight is 521 g/mol. The van der Waals surface area contributed by atoms with Crippen molar-refractivity contribution in [2.24, 2.45) is 11.8 Å². The van der Waals surface area contributed by atoms with Gasteiger partial charge in [0.15, 0.2) is 11.6 Å². The largest absolute Gasteiger partial charge is 0.507 e. The molecule has 4 N–H and O–H groups in total. The third-order valence-electron chi connectivity index (χ3n) is 8.43. The molecule has 0 spiro atoms. The summed E-state index contributed by atoms with van der Waals surface area (Å²) in [5, 5.41) is 35.2. The third kappa shape index (κ3) is 2.49. The number of carboxylic acids is 1.